The molecule has 2 aromatic carbocycles. The van der Waals surface area contributed by atoms with Crippen molar-refractivity contribution in [2.24, 2.45) is 0 Å². The smallest absolute Gasteiger partial charge is 0.270 e. The number of imide groups is 1. The van der Waals surface area contributed by atoms with Crippen LogP contribution >= 0.6 is 23.1 Å². The number of amides is 2. The van der Waals surface area contributed by atoms with Crippen molar-refractivity contribution in [3.63, 3.8) is 0 Å². The highest BCUT2D eigenvalue weighted by Gasteiger charge is 2.34. The van der Waals surface area contributed by atoms with Gasteiger partial charge in [-0.1, -0.05) is 35.9 Å². The van der Waals surface area contributed by atoms with E-state index in [0.717, 1.165) is 9.92 Å². The van der Waals surface area contributed by atoms with Crippen molar-refractivity contribution in [3.8, 4) is 12.3 Å². The maximum atomic E-state index is 12.6. The number of hydrogen-bond acceptors (Lipinski definition) is 8. The molecule has 0 saturated carbocycles. The van der Waals surface area contributed by atoms with Gasteiger partial charge in [0.15, 0.2) is 0 Å². The molecule has 0 saturated heterocycles. The van der Waals surface area contributed by atoms with Gasteiger partial charge in [0.2, 0.25) is 0 Å². The van der Waals surface area contributed by atoms with Crippen LogP contribution in [0, 0.1) is 22.5 Å². The maximum absolute atomic E-state index is 12.6. The summed E-state index contributed by atoms with van der Waals surface area (Å²) in [5.74, 6) is 2.02. The van der Waals surface area contributed by atoms with Crippen LogP contribution in [0.25, 0.3) is 11.6 Å². The number of terminal acetylenes is 1. The van der Waals surface area contributed by atoms with Gasteiger partial charge in [0, 0.05) is 41.6 Å². The van der Waals surface area contributed by atoms with E-state index in [0.29, 0.717) is 39.4 Å². The van der Waals surface area contributed by atoms with Crippen molar-refractivity contribution in [3.05, 3.63) is 110 Å². The SMILES string of the molecule is C#C/C(=C/c1cc([N+](=O)[O-])ccc1Sc1ccccn1)c1nc(CCN2C(=O)c3ccccc3C2=O)cs1. The van der Waals surface area contributed by atoms with Crippen molar-refractivity contribution in [1.82, 2.24) is 14.9 Å². The van der Waals surface area contributed by atoms with Gasteiger partial charge in [-0.15, -0.1) is 17.8 Å². The first kappa shape index (κ1) is 25.1. The van der Waals surface area contributed by atoms with Crippen LogP contribution in [-0.2, 0) is 6.42 Å². The maximum Gasteiger partial charge on any atom is 0.270 e. The lowest BCUT2D eigenvalue weighted by Crippen LogP contribution is -2.31. The van der Waals surface area contributed by atoms with E-state index in [1.165, 1.54) is 40.1 Å². The molecular formula is C28H18N4O4S2. The number of benzene rings is 2. The van der Waals surface area contributed by atoms with Crippen molar-refractivity contribution in [1.29, 1.82) is 0 Å². The first-order valence-corrected chi connectivity index (χ1v) is 13.1. The van der Waals surface area contributed by atoms with Gasteiger partial charge >= 0.3 is 0 Å². The second-order valence-electron chi connectivity index (χ2n) is 8.15. The van der Waals surface area contributed by atoms with Crippen molar-refractivity contribution >= 4 is 52.2 Å². The van der Waals surface area contributed by atoms with Gasteiger partial charge in [0.05, 0.1) is 27.3 Å². The van der Waals surface area contributed by atoms with Crippen LogP contribution in [0.5, 0.6) is 0 Å². The molecule has 4 aromatic rings. The normalized spacial score (nSPS) is 12.9. The monoisotopic (exact) mass is 538 g/mol. The molecule has 38 heavy (non-hydrogen) atoms. The third-order valence-electron chi connectivity index (χ3n) is 5.76. The Morgan fingerprint density at radius 2 is 1.84 bits per heavy atom. The minimum Gasteiger partial charge on any atom is -0.274 e. The molecule has 1 aliphatic rings. The zero-order valence-electron chi connectivity index (χ0n) is 19.7. The van der Waals surface area contributed by atoms with Crippen LogP contribution in [0.4, 0.5) is 5.69 Å². The fourth-order valence-corrected chi connectivity index (χ4v) is 5.60. The molecule has 1 aliphatic heterocycles. The molecule has 0 atom stereocenters. The topological polar surface area (TPSA) is 106 Å². The third kappa shape index (κ3) is 5.11. The highest BCUT2D eigenvalue weighted by atomic mass is 32.2. The number of rotatable bonds is 8. The molecule has 0 N–H and O–H groups in total. The Balaban J connectivity index is 1.37. The first-order chi connectivity index (χ1) is 18.4. The van der Waals surface area contributed by atoms with Gasteiger partial charge in [-0.25, -0.2) is 9.97 Å². The van der Waals surface area contributed by atoms with Crippen LogP contribution in [-0.4, -0.2) is 38.2 Å². The van der Waals surface area contributed by atoms with Crippen LogP contribution in [0.2, 0.25) is 0 Å². The van der Waals surface area contributed by atoms with Crippen molar-refractivity contribution in [2.75, 3.05) is 6.54 Å². The summed E-state index contributed by atoms with van der Waals surface area (Å²) >= 11 is 2.70. The van der Waals surface area contributed by atoms with Crippen LogP contribution < -0.4 is 0 Å². The number of carbonyl (C=O) groups is 2. The van der Waals surface area contributed by atoms with E-state index in [-0.39, 0.29) is 24.0 Å². The second kappa shape index (κ2) is 10.8. The molecule has 0 unspecified atom stereocenters. The summed E-state index contributed by atoms with van der Waals surface area (Å²) in [5.41, 5.74) is 2.48. The number of carbonyl (C=O) groups excluding carboxylic acids is 2. The molecule has 2 amide bonds. The molecule has 0 radical (unpaired) electrons. The standard InChI is InChI=1S/C28H18N4O4S2/c1-2-18(15-19-16-21(32(35)36)10-11-24(19)38-25-9-5-6-13-29-25)26-30-20(17-37-26)12-14-31-27(33)22-7-3-4-8-23(22)28(31)34/h1,3-11,13,15-17H,12,14H2/b18-15-. The van der Waals surface area contributed by atoms with E-state index in [1.54, 1.807) is 42.6 Å². The van der Waals surface area contributed by atoms with Gasteiger partial charge in [-0.05, 0) is 42.0 Å². The van der Waals surface area contributed by atoms with Gasteiger partial charge in [0.1, 0.15) is 10.0 Å². The van der Waals surface area contributed by atoms with Crippen molar-refractivity contribution < 1.29 is 14.5 Å². The molecular weight excluding hydrogens is 520 g/mol. The Morgan fingerprint density at radius 3 is 2.50 bits per heavy atom. The molecule has 0 aliphatic carbocycles. The number of nitro groups is 1. The van der Waals surface area contributed by atoms with E-state index in [9.17, 15) is 19.7 Å². The molecule has 186 valence electrons. The molecule has 5 rings (SSSR count). The summed E-state index contributed by atoms with van der Waals surface area (Å²) in [5, 5.41) is 14.5. The number of non-ortho nitro benzene ring substituents is 1. The summed E-state index contributed by atoms with van der Waals surface area (Å²) in [6.45, 7) is 0.195. The van der Waals surface area contributed by atoms with Crippen LogP contribution in [0.3, 0.4) is 0 Å². The number of thiazole rings is 1. The van der Waals surface area contributed by atoms with Crippen LogP contribution in [0.1, 0.15) is 37.0 Å². The number of pyridine rings is 1. The number of aromatic nitrogens is 2. The third-order valence-corrected chi connectivity index (χ3v) is 7.73. The number of allylic oxidation sites excluding steroid dienone is 1. The molecule has 10 heteroatoms. The Kier molecular flexibility index (Phi) is 7.13. The average molecular weight is 539 g/mol. The first-order valence-electron chi connectivity index (χ1n) is 11.4. The predicted molar refractivity (Wildman–Crippen MR) is 146 cm³/mol. The minimum atomic E-state index is -0.456. The Bertz CT molecular complexity index is 1610. The zero-order valence-corrected chi connectivity index (χ0v) is 21.4. The molecule has 2 aromatic heterocycles. The average Bonchev–Trinajstić information content (AvgIpc) is 3.50. The molecule has 0 bridgehead atoms. The van der Waals surface area contributed by atoms with E-state index in [1.807, 2.05) is 23.6 Å². The summed E-state index contributed by atoms with van der Waals surface area (Å²) in [6, 6.07) is 16.9. The highest BCUT2D eigenvalue weighted by molar-refractivity contribution is 7.99. The van der Waals surface area contributed by atoms with Gasteiger partial charge in [-0.2, -0.15) is 0 Å². The number of nitro benzene ring substituents is 1. The lowest BCUT2D eigenvalue weighted by atomic mass is 10.1. The summed E-state index contributed by atoms with van der Waals surface area (Å²) in [4.78, 5) is 47.1. The molecule has 0 fully saturated rings. The summed E-state index contributed by atoms with van der Waals surface area (Å²) in [6.07, 6.45) is 9.57. The number of hydrogen-bond donors (Lipinski definition) is 0. The van der Waals surface area contributed by atoms with Crippen LogP contribution in [0.15, 0.2) is 82.2 Å². The number of nitrogens with zero attached hydrogens (tertiary/aromatic N) is 4. The Labute approximate surface area is 226 Å². The second-order valence-corrected chi connectivity index (χ2v) is 10.1. The Morgan fingerprint density at radius 1 is 1.11 bits per heavy atom. The van der Waals surface area contributed by atoms with Gasteiger partial charge < -0.3 is 0 Å². The molecule has 3 heterocycles. The molecule has 0 spiro atoms. The highest BCUT2D eigenvalue weighted by Crippen LogP contribution is 2.34. The largest absolute Gasteiger partial charge is 0.274 e. The van der Waals surface area contributed by atoms with Crippen molar-refractivity contribution in [2.45, 2.75) is 16.3 Å². The Hall–Kier alpha value is -4.59. The molecule has 8 nitrogen and oxygen atoms in total. The summed E-state index contributed by atoms with van der Waals surface area (Å²) in [7, 11) is 0. The minimum absolute atomic E-state index is 0.0567. The predicted octanol–water partition coefficient (Wildman–Crippen LogP) is 5.61. The van der Waals surface area contributed by atoms with E-state index in [4.69, 9.17) is 6.42 Å². The quantitative estimate of drug-likeness (QED) is 0.124. The van der Waals surface area contributed by atoms with E-state index < -0.39 is 4.92 Å². The lowest BCUT2D eigenvalue weighted by Gasteiger charge is -2.12. The fraction of sp³-hybridized carbons (Fsp3) is 0.0714. The fourth-order valence-electron chi connectivity index (χ4n) is 3.91. The van der Waals surface area contributed by atoms with Gasteiger partial charge in [0.25, 0.3) is 17.5 Å². The van der Waals surface area contributed by atoms with E-state index in [2.05, 4.69) is 15.9 Å². The lowest BCUT2D eigenvalue weighted by molar-refractivity contribution is -0.384. The van der Waals surface area contributed by atoms with Gasteiger partial charge in [-0.3, -0.25) is 24.6 Å². The van der Waals surface area contributed by atoms with E-state index >= 15 is 0 Å². The summed E-state index contributed by atoms with van der Waals surface area (Å²) < 4.78 is 0. The number of fused-ring (bicyclic) bond motifs is 1. The zero-order chi connectivity index (χ0) is 26.6.